The maximum Gasteiger partial charge on any atom is 0.407 e. The number of urea groups is 1. The number of thiazole rings is 2. The molecule has 0 saturated carbocycles. The molecule has 3 amide bonds. The predicted octanol–water partition coefficient (Wildman–Crippen LogP) is 5.97. The summed E-state index contributed by atoms with van der Waals surface area (Å²) in [5, 5.41) is 6.17. The van der Waals surface area contributed by atoms with Gasteiger partial charge in [-0.15, -0.1) is 22.7 Å². The van der Waals surface area contributed by atoms with Crippen LogP contribution in [0.3, 0.4) is 0 Å². The van der Waals surface area contributed by atoms with E-state index in [0.29, 0.717) is 64.8 Å². The molecule has 1 fully saturated rings. The quantitative estimate of drug-likeness (QED) is 0.121. The smallest absolute Gasteiger partial charge is 0.407 e. The van der Waals surface area contributed by atoms with Crippen molar-refractivity contribution < 1.29 is 23.9 Å². The Kier molecular flexibility index (Phi) is 15.4. The fourth-order valence-corrected chi connectivity index (χ4v) is 7.36. The van der Waals surface area contributed by atoms with E-state index in [9.17, 15) is 14.4 Å². The Morgan fingerprint density at radius 1 is 0.863 bits per heavy atom. The van der Waals surface area contributed by atoms with Crippen LogP contribution in [0, 0.1) is 5.92 Å². The van der Waals surface area contributed by atoms with Crippen molar-refractivity contribution in [1.29, 1.82) is 0 Å². The summed E-state index contributed by atoms with van der Waals surface area (Å²) < 4.78 is 11.0. The van der Waals surface area contributed by atoms with Crippen molar-refractivity contribution in [2.45, 2.75) is 63.8 Å². The lowest BCUT2D eigenvalue weighted by molar-refractivity contribution is -0.122. The Balaban J connectivity index is 1.27. The van der Waals surface area contributed by atoms with Crippen LogP contribution in [0.2, 0.25) is 0 Å². The van der Waals surface area contributed by atoms with Crippen molar-refractivity contribution >= 4 is 40.6 Å². The molecule has 1 aliphatic rings. The number of rotatable bonds is 19. The standard InChI is InChI=1S/C38H48N6O5S2/c1-43(25-33-23-39-27-50-33)37(46)42-35(14-15-44-16-18-48-19-17-44)36(45)22-31(20-29-8-4-2-5-9-29)12-13-32(21-30-10-6-3-7-11-30)41-38(47)49-26-34-24-40-28-51-34/h2-11,23-24,27-28,31-32,35H,12-22,25-26H2,1H3,(H,41,47)(H,42,46). The zero-order valence-electron chi connectivity index (χ0n) is 29.2. The van der Waals surface area contributed by atoms with Gasteiger partial charge in [0.05, 0.1) is 41.7 Å². The highest BCUT2D eigenvalue weighted by Gasteiger charge is 2.27. The normalized spacial score (nSPS) is 15.0. The topological polar surface area (TPSA) is 126 Å². The van der Waals surface area contributed by atoms with Crippen LogP contribution >= 0.6 is 22.7 Å². The molecule has 0 radical (unpaired) electrons. The average Bonchev–Trinajstić information content (AvgIpc) is 3.87. The molecule has 3 heterocycles. The molecule has 0 aliphatic carbocycles. The summed E-state index contributed by atoms with van der Waals surface area (Å²) in [6.45, 7) is 4.21. The number of Topliss-reactive ketones (excluding diaryl/α,β-unsaturated/α-hetero) is 1. The van der Waals surface area contributed by atoms with Gasteiger partial charge in [0.2, 0.25) is 0 Å². The second-order valence-corrected chi connectivity index (χ2v) is 14.9. The monoisotopic (exact) mass is 732 g/mol. The van der Waals surface area contributed by atoms with Crippen LogP contribution in [-0.4, -0.2) is 89.7 Å². The third kappa shape index (κ3) is 13.5. The van der Waals surface area contributed by atoms with Gasteiger partial charge in [-0.25, -0.2) is 9.59 Å². The summed E-state index contributed by atoms with van der Waals surface area (Å²) in [5.74, 6) is 0.00571. The number of hydrogen-bond donors (Lipinski definition) is 2. The van der Waals surface area contributed by atoms with Crippen LogP contribution in [0.5, 0.6) is 0 Å². The first kappa shape index (κ1) is 38.1. The molecular formula is C38H48N6O5S2. The third-order valence-corrected chi connectivity index (χ3v) is 10.5. The molecule has 4 aromatic rings. The highest BCUT2D eigenvalue weighted by atomic mass is 32.1. The van der Waals surface area contributed by atoms with Crippen molar-refractivity contribution in [2.24, 2.45) is 5.92 Å². The van der Waals surface area contributed by atoms with E-state index in [1.165, 1.54) is 22.7 Å². The van der Waals surface area contributed by atoms with Crippen molar-refractivity contribution in [1.82, 2.24) is 30.4 Å². The Bertz CT molecular complexity index is 1590. The van der Waals surface area contributed by atoms with Crippen LogP contribution in [-0.2, 0) is 40.3 Å². The van der Waals surface area contributed by atoms with E-state index in [2.05, 4.69) is 49.8 Å². The second kappa shape index (κ2) is 20.6. The van der Waals surface area contributed by atoms with Gasteiger partial charge in [-0.2, -0.15) is 0 Å². The lowest BCUT2D eigenvalue weighted by Gasteiger charge is -2.29. The molecular weight excluding hydrogens is 685 g/mol. The van der Waals surface area contributed by atoms with E-state index in [1.807, 2.05) is 36.4 Å². The maximum absolute atomic E-state index is 14.2. The zero-order valence-corrected chi connectivity index (χ0v) is 30.8. The van der Waals surface area contributed by atoms with E-state index in [-0.39, 0.29) is 30.4 Å². The highest BCUT2D eigenvalue weighted by molar-refractivity contribution is 7.09. The SMILES string of the molecule is CN(Cc1cncs1)C(=O)NC(CCN1CCOCC1)C(=O)CC(CCC(Cc1ccccc1)NC(=O)OCc1cncs1)Cc1ccccc1. The highest BCUT2D eigenvalue weighted by Crippen LogP contribution is 2.23. The molecule has 2 aromatic carbocycles. The van der Waals surface area contributed by atoms with Gasteiger partial charge < -0.3 is 25.0 Å². The molecule has 1 aliphatic heterocycles. The minimum atomic E-state index is -0.637. The first-order valence-corrected chi connectivity index (χ1v) is 19.3. The number of aromatic nitrogens is 2. The van der Waals surface area contributed by atoms with E-state index in [0.717, 1.165) is 34.0 Å². The fraction of sp³-hybridized carbons (Fsp3) is 0.447. The first-order valence-electron chi connectivity index (χ1n) is 17.5. The third-order valence-electron chi connectivity index (χ3n) is 9.00. The van der Waals surface area contributed by atoms with E-state index >= 15 is 0 Å². The van der Waals surface area contributed by atoms with E-state index < -0.39 is 12.1 Å². The first-order chi connectivity index (χ1) is 24.9. The molecule has 3 atom stereocenters. The van der Waals surface area contributed by atoms with E-state index in [4.69, 9.17) is 9.47 Å². The summed E-state index contributed by atoms with van der Waals surface area (Å²) in [6.07, 6.45) is 6.47. The Hall–Kier alpha value is -4.17. The van der Waals surface area contributed by atoms with Crippen LogP contribution in [0.1, 0.15) is 46.6 Å². The van der Waals surface area contributed by atoms with E-state index in [1.54, 1.807) is 35.4 Å². The summed E-state index contributed by atoms with van der Waals surface area (Å²) >= 11 is 2.93. The molecule has 51 heavy (non-hydrogen) atoms. The summed E-state index contributed by atoms with van der Waals surface area (Å²) in [6, 6.07) is 19.1. The fourth-order valence-electron chi connectivity index (χ4n) is 6.20. The van der Waals surface area contributed by atoms with Crippen LogP contribution in [0.25, 0.3) is 0 Å². The number of nitrogens with one attached hydrogen (secondary N) is 2. The average molecular weight is 733 g/mol. The summed E-state index contributed by atoms with van der Waals surface area (Å²) in [5.41, 5.74) is 5.70. The number of nitrogens with zero attached hydrogens (tertiary/aromatic N) is 4. The van der Waals surface area contributed by atoms with Crippen molar-refractivity contribution in [3.8, 4) is 0 Å². The zero-order chi connectivity index (χ0) is 35.7. The molecule has 0 spiro atoms. The Labute approximate surface area is 308 Å². The molecule has 0 bridgehead atoms. The van der Waals surface area contributed by atoms with Gasteiger partial charge in [0.25, 0.3) is 0 Å². The van der Waals surface area contributed by atoms with Gasteiger partial charge >= 0.3 is 12.1 Å². The van der Waals surface area contributed by atoms with Crippen LogP contribution in [0.15, 0.2) is 84.1 Å². The largest absolute Gasteiger partial charge is 0.444 e. The number of carbonyl (C=O) groups is 3. The van der Waals surface area contributed by atoms with Crippen molar-refractivity contribution in [3.05, 3.63) is 105 Å². The lowest BCUT2D eigenvalue weighted by Crippen LogP contribution is -2.48. The number of ketones is 1. The van der Waals surface area contributed by atoms with Crippen molar-refractivity contribution in [2.75, 3.05) is 39.9 Å². The van der Waals surface area contributed by atoms with Gasteiger partial charge in [0, 0.05) is 56.4 Å². The van der Waals surface area contributed by atoms with Gasteiger partial charge in [0.15, 0.2) is 5.78 Å². The number of benzene rings is 2. The van der Waals surface area contributed by atoms with Crippen molar-refractivity contribution in [3.63, 3.8) is 0 Å². The van der Waals surface area contributed by atoms with Gasteiger partial charge in [-0.05, 0) is 49.1 Å². The predicted molar refractivity (Wildman–Crippen MR) is 200 cm³/mol. The summed E-state index contributed by atoms with van der Waals surface area (Å²) in [4.78, 5) is 54.4. The lowest BCUT2D eigenvalue weighted by atomic mass is 9.86. The number of carbonyl (C=O) groups excluding carboxylic acids is 3. The number of morpholine rings is 1. The number of amides is 3. The Morgan fingerprint density at radius 2 is 1.51 bits per heavy atom. The minimum absolute atomic E-state index is 0.00843. The van der Waals surface area contributed by atoms with Gasteiger partial charge in [-0.3, -0.25) is 19.7 Å². The summed E-state index contributed by atoms with van der Waals surface area (Å²) in [7, 11) is 1.74. The molecule has 2 N–H and O–H groups in total. The Morgan fingerprint density at radius 3 is 2.16 bits per heavy atom. The molecule has 5 rings (SSSR count). The number of hydrogen-bond acceptors (Lipinski definition) is 10. The number of ether oxygens (including phenoxy) is 2. The number of alkyl carbamates (subject to hydrolysis) is 1. The second-order valence-electron chi connectivity index (χ2n) is 12.9. The molecule has 11 nitrogen and oxygen atoms in total. The molecule has 272 valence electrons. The molecule has 1 saturated heterocycles. The molecule has 3 unspecified atom stereocenters. The van der Waals surface area contributed by atoms with Gasteiger partial charge in [-0.1, -0.05) is 60.7 Å². The van der Waals surface area contributed by atoms with Crippen LogP contribution in [0.4, 0.5) is 9.59 Å². The van der Waals surface area contributed by atoms with Gasteiger partial charge in [0.1, 0.15) is 6.61 Å². The minimum Gasteiger partial charge on any atom is -0.444 e. The maximum atomic E-state index is 14.2. The molecule has 13 heteroatoms. The van der Waals surface area contributed by atoms with Crippen LogP contribution < -0.4 is 10.6 Å². The molecule has 2 aromatic heterocycles.